The van der Waals surface area contributed by atoms with Gasteiger partial charge in [-0.1, -0.05) is 37.3 Å². The van der Waals surface area contributed by atoms with Crippen molar-refractivity contribution in [3.8, 4) is 0 Å². The second-order valence-electron chi connectivity index (χ2n) is 6.58. The molecule has 0 bridgehead atoms. The van der Waals surface area contributed by atoms with Crippen molar-refractivity contribution in [2.45, 2.75) is 57.2 Å². The van der Waals surface area contributed by atoms with Gasteiger partial charge in [0.25, 0.3) is 5.91 Å². The summed E-state index contributed by atoms with van der Waals surface area (Å²) < 4.78 is 0. The van der Waals surface area contributed by atoms with Crippen LogP contribution in [0.4, 0.5) is 0 Å². The predicted molar refractivity (Wildman–Crippen MR) is 80.5 cm³/mol. The number of carbonyl (C=O) groups is 2. The number of carbonyl (C=O) groups excluding carboxylic acids is 2. The summed E-state index contributed by atoms with van der Waals surface area (Å²) in [5, 5.41) is 2.96. The Morgan fingerprint density at radius 2 is 1.81 bits per heavy atom. The molecule has 3 rings (SSSR count). The van der Waals surface area contributed by atoms with Crippen LogP contribution in [0, 0.1) is 0 Å². The molecule has 21 heavy (non-hydrogen) atoms. The van der Waals surface area contributed by atoms with Gasteiger partial charge in [-0.3, -0.25) is 9.59 Å². The molecule has 4 nitrogen and oxygen atoms in total. The fourth-order valence-electron chi connectivity index (χ4n) is 3.26. The first-order valence-corrected chi connectivity index (χ1v) is 7.64. The zero-order chi connectivity index (χ0) is 15.3. The molecule has 1 saturated carbocycles. The molecule has 1 aromatic carbocycles. The van der Waals surface area contributed by atoms with Crippen molar-refractivity contribution in [1.82, 2.24) is 10.2 Å². The summed E-state index contributed by atoms with van der Waals surface area (Å²) in [6.07, 6.45) is 2.61. The van der Waals surface area contributed by atoms with E-state index in [1.807, 2.05) is 49.1 Å². The highest BCUT2D eigenvalue weighted by molar-refractivity contribution is 6.00. The number of amides is 2. The van der Waals surface area contributed by atoms with Gasteiger partial charge in [-0.05, 0) is 38.7 Å². The standard InChI is InChI=1S/C17H22N2O2/c1-4-13-14(20)18-17(3,12-8-6-5-7-9-12)15(21)19(13)16(2)10-11-16/h5-9,13H,4,10-11H2,1-3H3,(H,18,20). The molecule has 1 saturated heterocycles. The third-order valence-electron chi connectivity index (χ3n) is 4.93. The maximum atomic E-state index is 13.2. The Morgan fingerprint density at radius 1 is 1.19 bits per heavy atom. The normalized spacial score (nSPS) is 31.0. The molecular formula is C17H22N2O2. The SMILES string of the molecule is CCC1C(=O)NC(C)(c2ccccc2)C(=O)N1C1(C)CC1. The summed E-state index contributed by atoms with van der Waals surface area (Å²) >= 11 is 0. The molecule has 2 unspecified atom stereocenters. The second kappa shape index (κ2) is 4.58. The van der Waals surface area contributed by atoms with E-state index >= 15 is 0 Å². The molecule has 1 aromatic rings. The summed E-state index contributed by atoms with van der Waals surface area (Å²) in [6.45, 7) is 5.85. The number of nitrogens with zero attached hydrogens (tertiary/aromatic N) is 1. The van der Waals surface area contributed by atoms with E-state index in [0.717, 1.165) is 18.4 Å². The van der Waals surface area contributed by atoms with E-state index in [1.165, 1.54) is 0 Å². The first-order chi connectivity index (χ1) is 9.92. The quantitative estimate of drug-likeness (QED) is 0.926. The van der Waals surface area contributed by atoms with Crippen molar-refractivity contribution in [3.63, 3.8) is 0 Å². The molecule has 2 aliphatic rings. The minimum Gasteiger partial charge on any atom is -0.336 e. The molecule has 112 valence electrons. The van der Waals surface area contributed by atoms with Gasteiger partial charge in [0, 0.05) is 5.54 Å². The van der Waals surface area contributed by atoms with Crippen LogP contribution in [-0.2, 0) is 15.1 Å². The molecule has 1 aliphatic heterocycles. The average Bonchev–Trinajstić information content (AvgIpc) is 3.22. The number of benzene rings is 1. The molecule has 0 spiro atoms. The molecule has 1 aliphatic carbocycles. The fraction of sp³-hybridized carbons (Fsp3) is 0.529. The van der Waals surface area contributed by atoms with Gasteiger partial charge >= 0.3 is 0 Å². The number of hydrogen-bond acceptors (Lipinski definition) is 2. The summed E-state index contributed by atoms with van der Waals surface area (Å²) in [5.41, 5.74) is -0.270. The third kappa shape index (κ3) is 2.04. The van der Waals surface area contributed by atoms with Gasteiger partial charge in [0.2, 0.25) is 5.91 Å². The van der Waals surface area contributed by atoms with Crippen LogP contribution in [0.1, 0.15) is 45.6 Å². The molecule has 2 fully saturated rings. The third-order valence-corrected chi connectivity index (χ3v) is 4.93. The van der Waals surface area contributed by atoms with E-state index in [0.29, 0.717) is 6.42 Å². The van der Waals surface area contributed by atoms with Gasteiger partial charge in [0.1, 0.15) is 11.6 Å². The lowest BCUT2D eigenvalue weighted by Gasteiger charge is -2.47. The van der Waals surface area contributed by atoms with Crippen LogP contribution >= 0.6 is 0 Å². The van der Waals surface area contributed by atoms with Crippen LogP contribution < -0.4 is 5.32 Å². The number of piperazine rings is 1. The smallest absolute Gasteiger partial charge is 0.253 e. The van der Waals surface area contributed by atoms with Crippen LogP contribution in [-0.4, -0.2) is 28.3 Å². The predicted octanol–water partition coefficient (Wildman–Crippen LogP) is 2.19. The highest BCUT2D eigenvalue weighted by Crippen LogP contribution is 2.46. The summed E-state index contributed by atoms with van der Waals surface area (Å²) in [6, 6.07) is 9.17. The Bertz CT molecular complexity index is 580. The van der Waals surface area contributed by atoms with Crippen LogP contribution in [0.2, 0.25) is 0 Å². The maximum Gasteiger partial charge on any atom is 0.253 e. The van der Waals surface area contributed by atoms with Gasteiger partial charge in [0.15, 0.2) is 0 Å². The first-order valence-electron chi connectivity index (χ1n) is 7.64. The van der Waals surface area contributed by atoms with Gasteiger partial charge in [0.05, 0.1) is 0 Å². The number of rotatable bonds is 3. The highest BCUT2D eigenvalue weighted by atomic mass is 16.2. The molecule has 1 heterocycles. The highest BCUT2D eigenvalue weighted by Gasteiger charge is 2.57. The Hall–Kier alpha value is -1.84. The molecule has 2 atom stereocenters. The minimum absolute atomic E-state index is 0.0140. The van der Waals surface area contributed by atoms with Crippen molar-refractivity contribution in [1.29, 1.82) is 0 Å². The molecule has 1 N–H and O–H groups in total. The second-order valence-corrected chi connectivity index (χ2v) is 6.58. The fourth-order valence-corrected chi connectivity index (χ4v) is 3.26. The summed E-state index contributed by atoms with van der Waals surface area (Å²) in [4.78, 5) is 27.5. The first kappa shape index (κ1) is 14.1. The van der Waals surface area contributed by atoms with E-state index in [9.17, 15) is 9.59 Å². The topological polar surface area (TPSA) is 49.4 Å². The molecule has 0 aromatic heterocycles. The molecule has 0 radical (unpaired) electrons. The average molecular weight is 286 g/mol. The van der Waals surface area contributed by atoms with Crippen molar-refractivity contribution < 1.29 is 9.59 Å². The lowest BCUT2D eigenvalue weighted by molar-refractivity contribution is -0.158. The Morgan fingerprint density at radius 3 is 2.33 bits per heavy atom. The summed E-state index contributed by atoms with van der Waals surface area (Å²) in [7, 11) is 0. The maximum absolute atomic E-state index is 13.2. The van der Waals surface area contributed by atoms with E-state index in [1.54, 1.807) is 0 Å². The van der Waals surface area contributed by atoms with Crippen molar-refractivity contribution in [3.05, 3.63) is 35.9 Å². The molecule has 4 heteroatoms. The lowest BCUT2D eigenvalue weighted by Crippen LogP contribution is -2.69. The number of hydrogen-bond donors (Lipinski definition) is 1. The van der Waals surface area contributed by atoms with Crippen LogP contribution in [0.5, 0.6) is 0 Å². The van der Waals surface area contributed by atoms with E-state index in [-0.39, 0.29) is 23.4 Å². The largest absolute Gasteiger partial charge is 0.336 e. The Kier molecular flexibility index (Phi) is 3.08. The lowest BCUT2D eigenvalue weighted by atomic mass is 9.85. The zero-order valence-corrected chi connectivity index (χ0v) is 12.8. The van der Waals surface area contributed by atoms with Crippen molar-refractivity contribution in [2.24, 2.45) is 0 Å². The van der Waals surface area contributed by atoms with Crippen LogP contribution in [0.25, 0.3) is 0 Å². The van der Waals surface area contributed by atoms with Gasteiger partial charge in [-0.2, -0.15) is 0 Å². The van der Waals surface area contributed by atoms with Gasteiger partial charge < -0.3 is 10.2 Å². The zero-order valence-electron chi connectivity index (χ0n) is 12.8. The van der Waals surface area contributed by atoms with E-state index in [2.05, 4.69) is 12.2 Å². The van der Waals surface area contributed by atoms with Crippen LogP contribution in [0.15, 0.2) is 30.3 Å². The van der Waals surface area contributed by atoms with Crippen molar-refractivity contribution in [2.75, 3.05) is 0 Å². The van der Waals surface area contributed by atoms with Crippen molar-refractivity contribution >= 4 is 11.8 Å². The van der Waals surface area contributed by atoms with E-state index < -0.39 is 5.54 Å². The summed E-state index contributed by atoms with van der Waals surface area (Å²) in [5.74, 6) is -0.0308. The molecule has 2 amide bonds. The minimum atomic E-state index is -0.963. The monoisotopic (exact) mass is 286 g/mol. The van der Waals surface area contributed by atoms with Gasteiger partial charge in [-0.25, -0.2) is 0 Å². The van der Waals surface area contributed by atoms with Crippen LogP contribution in [0.3, 0.4) is 0 Å². The van der Waals surface area contributed by atoms with Gasteiger partial charge in [-0.15, -0.1) is 0 Å². The van der Waals surface area contributed by atoms with E-state index in [4.69, 9.17) is 0 Å². The Labute approximate surface area is 125 Å². The number of nitrogens with one attached hydrogen (secondary N) is 1. The molecular weight excluding hydrogens is 264 g/mol. The Balaban J connectivity index is 2.05.